The highest BCUT2D eigenvalue weighted by atomic mass is 32.2. The van der Waals surface area contributed by atoms with Gasteiger partial charge < -0.3 is 19.7 Å². The quantitative estimate of drug-likeness (QED) is 0.500. The summed E-state index contributed by atoms with van der Waals surface area (Å²) in [5, 5.41) is 3.14. The molecule has 1 unspecified atom stereocenters. The summed E-state index contributed by atoms with van der Waals surface area (Å²) < 4.78 is 38.1. The summed E-state index contributed by atoms with van der Waals surface area (Å²) >= 11 is 1.22. The number of esters is 1. The van der Waals surface area contributed by atoms with Gasteiger partial charge in [0.1, 0.15) is 5.00 Å². The Bertz CT molecular complexity index is 1300. The van der Waals surface area contributed by atoms with Crippen LogP contribution in [0.3, 0.4) is 0 Å². The zero-order valence-corrected chi connectivity index (χ0v) is 23.5. The van der Waals surface area contributed by atoms with Crippen molar-refractivity contribution in [1.29, 1.82) is 0 Å². The Hall–Kier alpha value is -2.96. The summed E-state index contributed by atoms with van der Waals surface area (Å²) in [6.45, 7) is 6.93. The van der Waals surface area contributed by atoms with Crippen LogP contribution in [0.15, 0.2) is 29.2 Å². The first-order valence-electron chi connectivity index (χ1n) is 12.8. The number of thiophene rings is 1. The smallest absolute Gasteiger partial charge is 0.410 e. The lowest BCUT2D eigenvalue weighted by Crippen LogP contribution is -2.41. The van der Waals surface area contributed by atoms with Crippen LogP contribution in [0.5, 0.6) is 0 Å². The fraction of sp³-hybridized carbons (Fsp3) is 0.500. The molecule has 10 nitrogen and oxygen atoms in total. The molecule has 4 rings (SSSR count). The SMILES string of the molecule is CCOC(=O)c1c(NC(=O)c2ccc(S(=O)(=O)N3CCCCC3C)cc2)sc2c1CCN(C(=O)OCC)C2. The number of nitrogens with zero attached hydrogens (tertiary/aromatic N) is 2. The molecule has 2 aromatic rings. The number of hydrogen-bond acceptors (Lipinski definition) is 8. The molecular weight excluding hydrogens is 530 g/mol. The van der Waals surface area contributed by atoms with Crippen molar-refractivity contribution in [3.63, 3.8) is 0 Å². The summed E-state index contributed by atoms with van der Waals surface area (Å²) in [7, 11) is -3.66. The fourth-order valence-electron chi connectivity index (χ4n) is 4.80. The molecule has 0 bridgehead atoms. The maximum absolute atomic E-state index is 13.1. The molecule has 0 spiro atoms. The van der Waals surface area contributed by atoms with Crippen LogP contribution in [0.25, 0.3) is 0 Å². The molecule has 1 fully saturated rings. The maximum atomic E-state index is 13.1. The molecule has 3 heterocycles. The highest BCUT2D eigenvalue weighted by Crippen LogP contribution is 2.38. The lowest BCUT2D eigenvalue weighted by molar-refractivity contribution is 0.0526. The van der Waals surface area contributed by atoms with Crippen molar-refractivity contribution in [2.75, 3.05) is 31.6 Å². The third kappa shape index (κ3) is 5.71. The third-order valence-electron chi connectivity index (χ3n) is 6.75. The standard InChI is InChI=1S/C26H33N3O7S2/c1-4-35-25(31)22-20-13-15-28(26(32)36-5-2)16-21(20)37-24(22)27-23(30)18-9-11-19(12-10-18)38(33,34)29-14-7-6-8-17(29)3/h9-12,17H,4-8,13-16H2,1-3H3,(H,27,30). The Morgan fingerprint density at radius 3 is 2.42 bits per heavy atom. The van der Waals surface area contributed by atoms with Gasteiger partial charge in [0.15, 0.2) is 0 Å². The van der Waals surface area contributed by atoms with Crippen molar-refractivity contribution in [1.82, 2.24) is 9.21 Å². The van der Waals surface area contributed by atoms with Gasteiger partial charge in [-0.1, -0.05) is 6.42 Å². The van der Waals surface area contributed by atoms with E-state index in [4.69, 9.17) is 9.47 Å². The van der Waals surface area contributed by atoms with E-state index in [9.17, 15) is 22.8 Å². The summed E-state index contributed by atoms with van der Waals surface area (Å²) in [4.78, 5) is 40.6. The molecule has 1 saturated heterocycles. The number of benzene rings is 1. The topological polar surface area (TPSA) is 122 Å². The van der Waals surface area contributed by atoms with Crippen LogP contribution < -0.4 is 5.32 Å². The number of carbonyl (C=O) groups is 3. The monoisotopic (exact) mass is 563 g/mol. The Balaban J connectivity index is 1.56. The van der Waals surface area contributed by atoms with Crippen molar-refractivity contribution >= 4 is 44.3 Å². The highest BCUT2D eigenvalue weighted by Gasteiger charge is 2.33. The molecule has 2 aliphatic heterocycles. The van der Waals surface area contributed by atoms with E-state index in [1.54, 1.807) is 18.7 Å². The number of ether oxygens (including phenoxy) is 2. The zero-order chi connectivity index (χ0) is 27.4. The molecule has 1 aromatic carbocycles. The van der Waals surface area contributed by atoms with Gasteiger partial charge in [0.2, 0.25) is 10.0 Å². The maximum Gasteiger partial charge on any atom is 0.410 e. The van der Waals surface area contributed by atoms with Crippen molar-refractivity contribution in [2.45, 2.75) is 63.9 Å². The number of hydrogen-bond donors (Lipinski definition) is 1. The first-order valence-corrected chi connectivity index (χ1v) is 15.1. The highest BCUT2D eigenvalue weighted by molar-refractivity contribution is 7.89. The van der Waals surface area contributed by atoms with E-state index in [0.717, 1.165) is 29.7 Å². The van der Waals surface area contributed by atoms with E-state index in [2.05, 4.69) is 5.32 Å². The van der Waals surface area contributed by atoms with Crippen molar-refractivity contribution in [3.8, 4) is 0 Å². The number of nitrogens with one attached hydrogen (secondary N) is 1. The Labute approximate surface area is 226 Å². The van der Waals surface area contributed by atoms with Gasteiger partial charge in [0, 0.05) is 29.6 Å². The Kier molecular flexibility index (Phi) is 8.74. The predicted molar refractivity (Wildman–Crippen MR) is 143 cm³/mol. The summed E-state index contributed by atoms with van der Waals surface area (Å²) in [5.41, 5.74) is 1.30. The van der Waals surface area contributed by atoms with E-state index in [1.165, 1.54) is 39.9 Å². The predicted octanol–water partition coefficient (Wildman–Crippen LogP) is 4.25. The van der Waals surface area contributed by atoms with E-state index < -0.39 is 28.0 Å². The summed E-state index contributed by atoms with van der Waals surface area (Å²) in [5.74, 6) is -1.02. The second kappa shape index (κ2) is 11.8. The number of amides is 2. The van der Waals surface area contributed by atoms with Gasteiger partial charge in [-0.25, -0.2) is 18.0 Å². The second-order valence-electron chi connectivity index (χ2n) is 9.24. The molecule has 38 heavy (non-hydrogen) atoms. The first-order chi connectivity index (χ1) is 18.2. The second-order valence-corrected chi connectivity index (χ2v) is 12.2. The van der Waals surface area contributed by atoms with E-state index in [0.29, 0.717) is 30.1 Å². The molecule has 2 aliphatic rings. The van der Waals surface area contributed by atoms with Crippen LogP contribution in [0.4, 0.5) is 9.80 Å². The van der Waals surface area contributed by atoms with Crippen molar-refractivity contribution < 1.29 is 32.3 Å². The van der Waals surface area contributed by atoms with Crippen LogP contribution in [-0.2, 0) is 32.5 Å². The number of carbonyl (C=O) groups excluding carboxylic acids is 3. The number of rotatable bonds is 7. The molecule has 0 aliphatic carbocycles. The van der Waals surface area contributed by atoms with Crippen molar-refractivity contribution in [2.24, 2.45) is 0 Å². The molecule has 12 heteroatoms. The molecule has 0 saturated carbocycles. The van der Waals surface area contributed by atoms with Crippen LogP contribution in [-0.4, -0.2) is 67.9 Å². The molecule has 1 aromatic heterocycles. The molecule has 0 radical (unpaired) electrons. The number of fused-ring (bicyclic) bond motifs is 1. The van der Waals surface area contributed by atoms with Gasteiger partial charge in [0.25, 0.3) is 5.91 Å². The zero-order valence-electron chi connectivity index (χ0n) is 21.8. The van der Waals surface area contributed by atoms with Crippen LogP contribution >= 0.6 is 11.3 Å². The van der Waals surface area contributed by atoms with E-state index in [1.807, 2.05) is 6.92 Å². The third-order valence-corrected chi connectivity index (χ3v) is 9.91. The number of sulfonamides is 1. The summed E-state index contributed by atoms with van der Waals surface area (Å²) in [6.07, 6.45) is 2.66. The van der Waals surface area contributed by atoms with Gasteiger partial charge in [-0.05, 0) is 69.9 Å². The first kappa shape index (κ1) is 28.1. The van der Waals surface area contributed by atoms with Crippen LogP contribution in [0.2, 0.25) is 0 Å². The van der Waals surface area contributed by atoms with Gasteiger partial charge in [-0.3, -0.25) is 4.79 Å². The van der Waals surface area contributed by atoms with E-state index >= 15 is 0 Å². The van der Waals surface area contributed by atoms with Crippen molar-refractivity contribution in [3.05, 3.63) is 45.8 Å². The minimum absolute atomic E-state index is 0.0670. The molecule has 1 N–H and O–H groups in total. The largest absolute Gasteiger partial charge is 0.462 e. The fourth-order valence-corrected chi connectivity index (χ4v) is 7.75. The average Bonchev–Trinajstić information content (AvgIpc) is 3.26. The Morgan fingerprint density at radius 2 is 1.76 bits per heavy atom. The van der Waals surface area contributed by atoms with E-state index in [-0.39, 0.29) is 36.3 Å². The molecular formula is C26H33N3O7S2. The lowest BCUT2D eigenvalue weighted by Gasteiger charge is -2.32. The van der Waals surface area contributed by atoms with Crippen LogP contribution in [0, 0.1) is 0 Å². The average molecular weight is 564 g/mol. The van der Waals surface area contributed by atoms with Gasteiger partial charge in [0.05, 0.1) is 30.2 Å². The number of piperidine rings is 1. The lowest BCUT2D eigenvalue weighted by atomic mass is 10.0. The molecule has 1 atom stereocenters. The normalized spacial score (nSPS) is 18.0. The molecule has 2 amide bonds. The van der Waals surface area contributed by atoms with Gasteiger partial charge in [-0.15, -0.1) is 11.3 Å². The minimum Gasteiger partial charge on any atom is -0.462 e. The summed E-state index contributed by atoms with van der Waals surface area (Å²) in [6, 6.07) is 5.75. The van der Waals surface area contributed by atoms with Crippen LogP contribution in [0.1, 0.15) is 71.2 Å². The number of anilines is 1. The molecule has 206 valence electrons. The van der Waals surface area contributed by atoms with Gasteiger partial charge >= 0.3 is 12.1 Å². The minimum atomic E-state index is -3.66. The van der Waals surface area contributed by atoms with Gasteiger partial charge in [-0.2, -0.15) is 4.31 Å². The Morgan fingerprint density at radius 1 is 1.05 bits per heavy atom.